The van der Waals surface area contributed by atoms with Gasteiger partial charge in [-0.2, -0.15) is 0 Å². The van der Waals surface area contributed by atoms with E-state index in [2.05, 4.69) is 10.6 Å². The summed E-state index contributed by atoms with van der Waals surface area (Å²) in [7, 11) is 0. The van der Waals surface area contributed by atoms with Gasteiger partial charge in [0.1, 0.15) is 11.5 Å². The summed E-state index contributed by atoms with van der Waals surface area (Å²) in [5.41, 5.74) is 1.89. The lowest BCUT2D eigenvalue weighted by Gasteiger charge is -2.17. The number of rotatable bonds is 7. The molecule has 2 aromatic carbocycles. The molecule has 29 heavy (non-hydrogen) atoms. The van der Waals surface area contributed by atoms with E-state index in [0.717, 1.165) is 31.2 Å². The minimum absolute atomic E-state index is 0.104. The van der Waals surface area contributed by atoms with Crippen LogP contribution >= 0.6 is 0 Å². The lowest BCUT2D eigenvalue weighted by Crippen LogP contribution is -2.26. The van der Waals surface area contributed by atoms with Crippen molar-refractivity contribution in [2.75, 3.05) is 5.32 Å². The molecule has 0 aliphatic heterocycles. The number of aryl methyl sites for hydroxylation is 1. The summed E-state index contributed by atoms with van der Waals surface area (Å²) in [4.78, 5) is 12.3. The summed E-state index contributed by atoms with van der Waals surface area (Å²) in [6.07, 6.45) is 3.90. The van der Waals surface area contributed by atoms with Crippen LogP contribution in [0.25, 0.3) is 0 Å². The third-order valence-corrected chi connectivity index (χ3v) is 5.55. The Morgan fingerprint density at radius 1 is 1.03 bits per heavy atom. The van der Waals surface area contributed by atoms with E-state index in [0.29, 0.717) is 23.0 Å². The molecule has 0 unspecified atom stereocenters. The van der Waals surface area contributed by atoms with Crippen LogP contribution in [0, 0.1) is 6.92 Å². The van der Waals surface area contributed by atoms with Crippen LogP contribution in [-0.2, 0) is 0 Å². The number of benzene rings is 2. The Kier molecular flexibility index (Phi) is 5.69. The number of hydrogen-bond acceptors (Lipinski definition) is 3. The zero-order chi connectivity index (χ0) is 20.4. The Balaban J connectivity index is 1.50. The number of amides is 1. The van der Waals surface area contributed by atoms with Crippen molar-refractivity contribution in [3.63, 3.8) is 0 Å². The second kappa shape index (κ2) is 8.39. The van der Waals surface area contributed by atoms with Gasteiger partial charge in [0.05, 0.1) is 5.56 Å². The molecule has 0 spiro atoms. The first-order chi connectivity index (χ1) is 14.0. The van der Waals surface area contributed by atoms with Gasteiger partial charge in [-0.1, -0.05) is 12.8 Å². The van der Waals surface area contributed by atoms with E-state index >= 15 is 0 Å². The zero-order valence-corrected chi connectivity index (χ0v) is 16.5. The molecule has 0 bridgehead atoms. The summed E-state index contributed by atoms with van der Waals surface area (Å²) in [5.74, 6) is 0.461. The van der Waals surface area contributed by atoms with Crippen molar-refractivity contribution in [3.8, 4) is 11.5 Å². The van der Waals surface area contributed by atoms with Gasteiger partial charge in [-0.25, -0.2) is 8.78 Å². The minimum atomic E-state index is -2.64. The van der Waals surface area contributed by atoms with Crippen molar-refractivity contribution in [3.05, 3.63) is 53.1 Å². The van der Waals surface area contributed by atoms with Gasteiger partial charge in [0, 0.05) is 23.3 Å². The molecular formula is C23H26F2N2O2. The molecule has 2 saturated carbocycles. The Labute approximate surface area is 169 Å². The first-order valence-corrected chi connectivity index (χ1v) is 10.3. The minimum Gasteiger partial charge on any atom is -0.457 e. The van der Waals surface area contributed by atoms with Crippen molar-refractivity contribution < 1.29 is 18.3 Å². The highest BCUT2D eigenvalue weighted by atomic mass is 19.3. The van der Waals surface area contributed by atoms with E-state index in [-0.39, 0.29) is 23.3 Å². The molecule has 6 heteroatoms. The molecule has 0 saturated heterocycles. The summed E-state index contributed by atoms with van der Waals surface area (Å²) in [6, 6.07) is 10.5. The van der Waals surface area contributed by atoms with Crippen molar-refractivity contribution in [2.24, 2.45) is 0 Å². The Hall–Kier alpha value is -2.63. The quantitative estimate of drug-likeness (QED) is 0.602. The molecule has 154 valence electrons. The predicted molar refractivity (Wildman–Crippen MR) is 109 cm³/mol. The van der Waals surface area contributed by atoms with E-state index in [9.17, 15) is 13.6 Å². The van der Waals surface area contributed by atoms with Gasteiger partial charge in [-0.05, 0) is 74.6 Å². The molecule has 4 nitrogen and oxygen atoms in total. The van der Waals surface area contributed by atoms with Gasteiger partial charge >= 0.3 is 0 Å². The van der Waals surface area contributed by atoms with Crippen molar-refractivity contribution in [2.45, 2.75) is 64.0 Å². The first-order valence-electron chi connectivity index (χ1n) is 10.3. The smallest absolute Gasteiger partial charge is 0.267 e. The fourth-order valence-electron chi connectivity index (χ4n) is 3.78. The Morgan fingerprint density at radius 2 is 1.79 bits per heavy atom. The zero-order valence-electron chi connectivity index (χ0n) is 16.5. The number of carbonyl (C=O) groups excluding carboxylic acids is 1. The number of nitrogens with one attached hydrogen (secondary N) is 2. The number of hydrogen-bond donors (Lipinski definition) is 2. The highest BCUT2D eigenvalue weighted by Gasteiger charge is 2.24. The topological polar surface area (TPSA) is 50.4 Å². The second-order valence-corrected chi connectivity index (χ2v) is 8.01. The molecule has 0 aromatic heterocycles. The van der Waals surface area contributed by atoms with Crippen molar-refractivity contribution in [1.82, 2.24) is 5.32 Å². The third-order valence-electron chi connectivity index (χ3n) is 5.55. The molecule has 0 atom stereocenters. The molecule has 2 N–H and O–H groups in total. The van der Waals surface area contributed by atoms with Crippen LogP contribution < -0.4 is 15.4 Å². The largest absolute Gasteiger partial charge is 0.457 e. The van der Waals surface area contributed by atoms with Crippen LogP contribution in [0.2, 0.25) is 0 Å². The average molecular weight is 400 g/mol. The monoisotopic (exact) mass is 400 g/mol. The van der Waals surface area contributed by atoms with E-state index in [1.165, 1.54) is 18.9 Å². The van der Waals surface area contributed by atoms with Gasteiger partial charge < -0.3 is 15.4 Å². The predicted octanol–water partition coefficient (Wildman–Crippen LogP) is 5.97. The standard InChI is InChI=1S/C23H26F2N2O2/c1-14-12-18(9-10-19(14)23(28)27-16-6-7-16)29-21-11-8-17(13-20(21)22(24)25)26-15-4-2-3-5-15/h8-13,15-16,22,26H,2-7H2,1H3,(H,27,28). The van der Waals surface area contributed by atoms with Gasteiger partial charge in [0.25, 0.3) is 12.3 Å². The van der Waals surface area contributed by atoms with Crippen LogP contribution in [-0.4, -0.2) is 18.0 Å². The molecule has 0 heterocycles. The summed E-state index contributed by atoms with van der Waals surface area (Å²) < 4.78 is 33.0. The van der Waals surface area contributed by atoms with Crippen LogP contribution in [0.5, 0.6) is 11.5 Å². The van der Waals surface area contributed by atoms with Crippen LogP contribution in [0.4, 0.5) is 14.5 Å². The normalized spacial score (nSPS) is 16.8. The Morgan fingerprint density at radius 3 is 2.45 bits per heavy atom. The molecular weight excluding hydrogens is 374 g/mol. The van der Waals surface area contributed by atoms with Crippen LogP contribution in [0.3, 0.4) is 0 Å². The number of alkyl halides is 2. The molecule has 2 aromatic rings. The highest BCUT2D eigenvalue weighted by molar-refractivity contribution is 5.96. The van der Waals surface area contributed by atoms with Crippen molar-refractivity contribution in [1.29, 1.82) is 0 Å². The molecule has 2 aliphatic carbocycles. The summed E-state index contributed by atoms with van der Waals surface area (Å²) >= 11 is 0. The molecule has 1 amide bonds. The number of ether oxygens (including phenoxy) is 1. The molecule has 2 fully saturated rings. The second-order valence-electron chi connectivity index (χ2n) is 8.01. The van der Waals surface area contributed by atoms with Gasteiger partial charge in [-0.3, -0.25) is 4.79 Å². The molecule has 0 radical (unpaired) electrons. The van der Waals surface area contributed by atoms with Crippen LogP contribution in [0.1, 0.15) is 66.4 Å². The van der Waals surface area contributed by atoms with E-state index in [1.54, 1.807) is 30.3 Å². The number of halogens is 2. The Bertz CT molecular complexity index is 890. The maximum Gasteiger partial charge on any atom is 0.267 e. The maximum absolute atomic E-state index is 13.6. The third kappa shape index (κ3) is 4.86. The van der Waals surface area contributed by atoms with E-state index in [1.807, 2.05) is 6.92 Å². The van der Waals surface area contributed by atoms with Crippen molar-refractivity contribution >= 4 is 11.6 Å². The summed E-state index contributed by atoms with van der Waals surface area (Å²) in [5, 5.41) is 6.30. The van der Waals surface area contributed by atoms with Gasteiger partial charge in [0.2, 0.25) is 0 Å². The lowest BCUT2D eigenvalue weighted by molar-refractivity contribution is 0.0950. The van der Waals surface area contributed by atoms with Gasteiger partial charge in [-0.15, -0.1) is 0 Å². The first kappa shape index (κ1) is 19.7. The lowest BCUT2D eigenvalue weighted by atomic mass is 10.1. The average Bonchev–Trinajstić information content (AvgIpc) is 3.35. The molecule has 4 rings (SSSR count). The SMILES string of the molecule is Cc1cc(Oc2ccc(NC3CCCC3)cc2C(F)F)ccc1C(=O)NC1CC1. The number of anilines is 1. The fraction of sp³-hybridized carbons (Fsp3) is 0.435. The summed E-state index contributed by atoms with van der Waals surface area (Å²) in [6.45, 7) is 1.82. The number of carbonyl (C=O) groups is 1. The van der Waals surface area contributed by atoms with E-state index in [4.69, 9.17) is 4.74 Å². The fourth-order valence-corrected chi connectivity index (χ4v) is 3.78. The van der Waals surface area contributed by atoms with Crippen LogP contribution in [0.15, 0.2) is 36.4 Å². The van der Waals surface area contributed by atoms with E-state index < -0.39 is 6.43 Å². The van der Waals surface area contributed by atoms with Gasteiger partial charge in [0.15, 0.2) is 0 Å². The molecule has 2 aliphatic rings. The highest BCUT2D eigenvalue weighted by Crippen LogP contribution is 2.36. The maximum atomic E-state index is 13.6.